The maximum atomic E-state index is 13.0. The minimum atomic E-state index is -0.353. The van der Waals surface area contributed by atoms with Crippen molar-refractivity contribution in [2.24, 2.45) is 0 Å². The van der Waals surface area contributed by atoms with E-state index in [-0.39, 0.29) is 11.5 Å². The molecule has 2 fully saturated rings. The van der Waals surface area contributed by atoms with Gasteiger partial charge in [-0.3, -0.25) is 4.79 Å². The second-order valence-corrected chi connectivity index (χ2v) is 7.11. The van der Waals surface area contributed by atoms with Crippen molar-refractivity contribution in [1.82, 2.24) is 9.88 Å². The number of hydrogen-bond donors (Lipinski definition) is 0. The van der Waals surface area contributed by atoms with Crippen LogP contribution in [0.1, 0.15) is 59.0 Å². The minimum absolute atomic E-state index is 0.0160. The summed E-state index contributed by atoms with van der Waals surface area (Å²) in [5.41, 5.74) is 2.63. The van der Waals surface area contributed by atoms with Crippen molar-refractivity contribution >= 4 is 5.91 Å². The van der Waals surface area contributed by atoms with Crippen molar-refractivity contribution in [2.45, 2.75) is 43.8 Å². The summed E-state index contributed by atoms with van der Waals surface area (Å²) in [7, 11) is 0. The number of oxazole rings is 1. The Morgan fingerprint density at radius 2 is 2.17 bits per heavy atom. The van der Waals surface area contributed by atoms with Gasteiger partial charge in [0.1, 0.15) is 11.4 Å². The number of nitrogens with zero attached hydrogens (tertiary/aromatic N) is 2. The van der Waals surface area contributed by atoms with Crippen molar-refractivity contribution in [2.75, 3.05) is 13.1 Å². The Morgan fingerprint density at radius 1 is 1.29 bits per heavy atom. The first-order valence-electron chi connectivity index (χ1n) is 8.72. The zero-order valence-corrected chi connectivity index (χ0v) is 13.5. The third-order valence-electron chi connectivity index (χ3n) is 5.50. The van der Waals surface area contributed by atoms with Crippen LogP contribution in [0.3, 0.4) is 0 Å². The normalized spacial score (nSPS) is 25.9. The van der Waals surface area contributed by atoms with Gasteiger partial charge in [-0.2, -0.15) is 0 Å². The molecule has 24 heavy (non-hydrogen) atoms. The number of likely N-dealkylation sites (tertiary alicyclic amines) is 1. The van der Waals surface area contributed by atoms with Crippen LogP contribution in [-0.4, -0.2) is 28.9 Å². The van der Waals surface area contributed by atoms with E-state index in [1.165, 1.54) is 17.5 Å². The molecule has 124 valence electrons. The maximum absolute atomic E-state index is 13.0. The molecule has 1 saturated carbocycles. The average molecular weight is 324 g/mol. The molecule has 5 rings (SSSR count). The molecule has 2 aliphatic heterocycles. The van der Waals surface area contributed by atoms with Crippen LogP contribution in [0.2, 0.25) is 0 Å². The quantitative estimate of drug-likeness (QED) is 0.851. The van der Waals surface area contributed by atoms with Crippen LogP contribution >= 0.6 is 0 Å². The molecule has 5 heteroatoms. The molecule has 0 N–H and O–H groups in total. The third-order valence-corrected chi connectivity index (χ3v) is 5.50. The molecule has 3 heterocycles. The number of fused-ring (bicyclic) bond motifs is 2. The Morgan fingerprint density at radius 3 is 3.04 bits per heavy atom. The summed E-state index contributed by atoms with van der Waals surface area (Å²) in [5, 5.41) is 0. The van der Waals surface area contributed by atoms with Crippen molar-refractivity contribution < 1.29 is 13.9 Å². The van der Waals surface area contributed by atoms with Gasteiger partial charge in [0.2, 0.25) is 0 Å². The van der Waals surface area contributed by atoms with E-state index < -0.39 is 0 Å². The molecular formula is C19H20N2O3. The molecule has 1 unspecified atom stereocenters. The van der Waals surface area contributed by atoms with E-state index in [4.69, 9.17) is 9.15 Å². The maximum Gasteiger partial charge on any atom is 0.276 e. The highest BCUT2D eigenvalue weighted by atomic mass is 16.5. The fourth-order valence-electron chi connectivity index (χ4n) is 4.12. The number of benzene rings is 1. The number of rotatable bonds is 2. The molecular weight excluding hydrogens is 304 g/mol. The monoisotopic (exact) mass is 324 g/mol. The smallest absolute Gasteiger partial charge is 0.276 e. The zero-order chi connectivity index (χ0) is 16.1. The van der Waals surface area contributed by atoms with Gasteiger partial charge in [0.15, 0.2) is 12.1 Å². The first kappa shape index (κ1) is 14.2. The van der Waals surface area contributed by atoms with Crippen molar-refractivity contribution in [3.63, 3.8) is 0 Å². The van der Waals surface area contributed by atoms with Crippen LogP contribution in [0.15, 0.2) is 35.1 Å². The summed E-state index contributed by atoms with van der Waals surface area (Å²) in [6, 6.07) is 8.36. The third kappa shape index (κ3) is 2.11. The van der Waals surface area contributed by atoms with Crippen LogP contribution in [0.5, 0.6) is 0 Å². The predicted octanol–water partition coefficient (Wildman–Crippen LogP) is 3.21. The number of ether oxygens (including phenoxy) is 1. The standard InChI is InChI=1S/C19H20N2O3/c22-18(16-17(13-6-7-13)23-12-20-16)21-9-3-8-19(11-21)15-5-2-1-4-14(15)10-24-19/h1-2,4-5,12-13H,3,6-11H2. The fourth-order valence-corrected chi connectivity index (χ4v) is 4.12. The Bertz CT molecular complexity index is 791. The second kappa shape index (κ2) is 5.18. The number of aromatic nitrogens is 1. The molecule has 0 radical (unpaired) electrons. The van der Waals surface area contributed by atoms with Gasteiger partial charge in [-0.25, -0.2) is 4.98 Å². The topological polar surface area (TPSA) is 55.6 Å². The van der Waals surface area contributed by atoms with E-state index >= 15 is 0 Å². The van der Waals surface area contributed by atoms with Crippen molar-refractivity contribution in [1.29, 1.82) is 0 Å². The SMILES string of the molecule is O=C(c1ncoc1C1CC1)N1CCCC2(C1)OCc1ccccc12. The number of hydrogen-bond acceptors (Lipinski definition) is 4. The Kier molecular flexibility index (Phi) is 3.07. The zero-order valence-electron chi connectivity index (χ0n) is 13.5. The first-order valence-corrected chi connectivity index (χ1v) is 8.72. The van der Waals surface area contributed by atoms with Gasteiger partial charge in [0, 0.05) is 12.5 Å². The van der Waals surface area contributed by atoms with E-state index in [1.54, 1.807) is 0 Å². The summed E-state index contributed by atoms with van der Waals surface area (Å²) in [5.74, 6) is 1.14. The Balaban J connectivity index is 1.44. The molecule has 2 aromatic rings. The summed E-state index contributed by atoms with van der Waals surface area (Å²) < 4.78 is 11.7. The Hall–Kier alpha value is -2.14. The van der Waals surface area contributed by atoms with Gasteiger partial charge in [-0.1, -0.05) is 24.3 Å². The lowest BCUT2D eigenvalue weighted by Crippen LogP contribution is -2.48. The highest BCUT2D eigenvalue weighted by molar-refractivity contribution is 5.93. The minimum Gasteiger partial charge on any atom is -0.447 e. The number of carbonyl (C=O) groups excluding carboxylic acids is 1. The van der Waals surface area contributed by atoms with Crippen LogP contribution in [0.4, 0.5) is 0 Å². The molecule has 1 aliphatic carbocycles. The van der Waals surface area contributed by atoms with Crippen LogP contribution in [-0.2, 0) is 16.9 Å². The van der Waals surface area contributed by atoms with Gasteiger partial charge in [0.05, 0.1) is 13.2 Å². The molecule has 5 nitrogen and oxygen atoms in total. The molecule has 1 amide bonds. The Labute approximate surface area is 140 Å². The molecule has 1 aromatic carbocycles. The first-order chi connectivity index (χ1) is 11.8. The van der Waals surface area contributed by atoms with E-state index in [0.29, 0.717) is 24.8 Å². The molecule has 0 bridgehead atoms. The molecule has 1 aromatic heterocycles. The molecule has 3 aliphatic rings. The van der Waals surface area contributed by atoms with E-state index in [2.05, 4.69) is 23.2 Å². The highest BCUT2D eigenvalue weighted by Crippen LogP contribution is 2.44. The van der Waals surface area contributed by atoms with Crippen LogP contribution in [0, 0.1) is 0 Å². The molecule has 1 saturated heterocycles. The van der Waals surface area contributed by atoms with Gasteiger partial charge in [-0.15, -0.1) is 0 Å². The van der Waals surface area contributed by atoms with Crippen LogP contribution < -0.4 is 0 Å². The largest absolute Gasteiger partial charge is 0.447 e. The van der Waals surface area contributed by atoms with E-state index in [9.17, 15) is 4.79 Å². The predicted molar refractivity (Wildman–Crippen MR) is 86.5 cm³/mol. The molecule has 1 atom stereocenters. The summed E-state index contributed by atoms with van der Waals surface area (Å²) in [6.07, 6.45) is 5.49. The van der Waals surface area contributed by atoms with Crippen molar-refractivity contribution in [3.8, 4) is 0 Å². The van der Waals surface area contributed by atoms with Gasteiger partial charge in [-0.05, 0) is 36.8 Å². The lowest BCUT2D eigenvalue weighted by atomic mass is 9.85. The lowest BCUT2D eigenvalue weighted by Gasteiger charge is -2.40. The average Bonchev–Trinajstić information content (AvgIpc) is 3.26. The summed E-state index contributed by atoms with van der Waals surface area (Å²) in [6.45, 7) is 1.98. The summed E-state index contributed by atoms with van der Waals surface area (Å²) >= 11 is 0. The fraction of sp³-hybridized carbons (Fsp3) is 0.474. The van der Waals surface area contributed by atoms with Gasteiger partial charge < -0.3 is 14.1 Å². The lowest BCUT2D eigenvalue weighted by molar-refractivity contribution is -0.0786. The second-order valence-electron chi connectivity index (χ2n) is 7.11. The number of amides is 1. The van der Waals surface area contributed by atoms with E-state index in [0.717, 1.165) is 38.0 Å². The highest BCUT2D eigenvalue weighted by Gasteiger charge is 2.45. The van der Waals surface area contributed by atoms with Gasteiger partial charge >= 0.3 is 0 Å². The van der Waals surface area contributed by atoms with Crippen LogP contribution in [0.25, 0.3) is 0 Å². The van der Waals surface area contributed by atoms with E-state index in [1.807, 2.05) is 11.0 Å². The number of carbonyl (C=O) groups is 1. The van der Waals surface area contributed by atoms with Gasteiger partial charge in [0.25, 0.3) is 5.91 Å². The number of piperidine rings is 1. The molecule has 1 spiro atoms. The van der Waals surface area contributed by atoms with Crippen molar-refractivity contribution in [3.05, 3.63) is 53.2 Å². The summed E-state index contributed by atoms with van der Waals surface area (Å²) in [4.78, 5) is 19.1.